The number of aliphatic hydroxyl groups is 5. The van der Waals surface area contributed by atoms with Crippen molar-refractivity contribution in [3.05, 3.63) is 0 Å². The molecule has 0 heterocycles. The molecule has 5 N–H and O–H groups in total. The van der Waals surface area contributed by atoms with E-state index in [0.717, 1.165) is 0 Å². The summed E-state index contributed by atoms with van der Waals surface area (Å²) >= 11 is 3.21. The molecule has 0 aliphatic rings. The maximum Gasteiger partial charge on any atom is 0.230 e. The summed E-state index contributed by atoms with van der Waals surface area (Å²) < 4.78 is 0. The van der Waals surface area contributed by atoms with Crippen molar-refractivity contribution < 1.29 is 49.5 Å². The Labute approximate surface area is 147 Å². The van der Waals surface area contributed by atoms with Gasteiger partial charge in [0.25, 0.3) is 0 Å². The number of carbonyl (C=O) groups excluding carboxylic acids is 5. The predicted octanol–water partition coefficient (Wildman–Crippen LogP) is -3.28. The first-order valence-electron chi connectivity index (χ1n) is 6.81. The fourth-order valence-corrected chi connectivity index (χ4v) is 2.98. The maximum absolute atomic E-state index is 12.1. The number of hydrogen-bond donors (Lipinski definition) is 6. The summed E-state index contributed by atoms with van der Waals surface area (Å²) in [6.07, 6.45) is 0. The molecule has 11 heteroatoms. The van der Waals surface area contributed by atoms with Gasteiger partial charge in [0, 0.05) is 0 Å². The summed E-state index contributed by atoms with van der Waals surface area (Å²) in [6, 6.07) is 0. The third kappa shape index (κ3) is 2.76. The first kappa shape index (κ1) is 23.5. The lowest BCUT2D eigenvalue weighted by Gasteiger charge is -2.52. The molecule has 0 aromatic carbocycles. The zero-order chi connectivity index (χ0) is 20.6. The van der Waals surface area contributed by atoms with Crippen molar-refractivity contribution in [1.29, 1.82) is 0 Å². The van der Waals surface area contributed by atoms with E-state index in [-0.39, 0.29) is 0 Å². The smallest absolute Gasteiger partial charge is 0.230 e. The van der Waals surface area contributed by atoms with Crippen LogP contribution in [0.2, 0.25) is 0 Å². The number of Topliss-reactive ketones (excluding diaryl/α,β-unsaturated/α-hetero) is 4. The van der Waals surface area contributed by atoms with E-state index in [2.05, 4.69) is 12.6 Å². The average molecular weight is 380 g/mol. The Kier molecular flexibility index (Phi) is 6.60. The number of thiol groups is 1. The normalized spacial score (nSPS) is 21.0. The minimum atomic E-state index is -4.04. The predicted molar refractivity (Wildman–Crippen MR) is 83.6 cm³/mol. The molecular weight excluding hydrogens is 360 g/mol. The van der Waals surface area contributed by atoms with Crippen LogP contribution in [0.4, 0.5) is 0 Å². The number of ketones is 4. The van der Waals surface area contributed by atoms with E-state index >= 15 is 0 Å². The quantitative estimate of drug-likeness (QED) is 0.175. The minimum Gasteiger partial charge on any atom is -0.393 e. The lowest BCUT2D eigenvalue weighted by atomic mass is 9.58. The van der Waals surface area contributed by atoms with Crippen LogP contribution >= 0.6 is 12.6 Å². The molecule has 0 saturated heterocycles. The van der Waals surface area contributed by atoms with Gasteiger partial charge in [-0.1, -0.05) is 0 Å². The van der Waals surface area contributed by atoms with Crippen molar-refractivity contribution in [2.45, 2.75) is 50.1 Å². The molecule has 0 unspecified atom stereocenters. The van der Waals surface area contributed by atoms with E-state index in [1.807, 2.05) is 0 Å². The summed E-state index contributed by atoms with van der Waals surface area (Å²) in [5, 5.41) is 49.8. The largest absolute Gasteiger partial charge is 0.393 e. The molecule has 0 spiro atoms. The van der Waals surface area contributed by atoms with Gasteiger partial charge in [0.05, 0.1) is 6.61 Å². The highest BCUT2D eigenvalue weighted by Crippen LogP contribution is 2.43. The molecule has 4 atom stereocenters. The third-order valence-corrected chi connectivity index (χ3v) is 4.62. The van der Waals surface area contributed by atoms with Gasteiger partial charge in [-0.2, -0.15) is 0 Å². The molecule has 0 saturated carbocycles. The highest BCUT2D eigenvalue weighted by molar-refractivity contribution is 7.97. The lowest BCUT2D eigenvalue weighted by molar-refractivity contribution is -0.263. The van der Waals surface area contributed by atoms with Gasteiger partial charge in [-0.15, -0.1) is 12.6 Å². The van der Waals surface area contributed by atoms with Gasteiger partial charge in [-0.05, 0) is 27.7 Å². The van der Waals surface area contributed by atoms with Gasteiger partial charge in [0.15, 0.2) is 28.7 Å². The molecule has 0 radical (unpaired) electrons. The van der Waals surface area contributed by atoms with E-state index in [1.54, 1.807) is 0 Å². The van der Waals surface area contributed by atoms with Crippen molar-refractivity contribution in [2.24, 2.45) is 0 Å². The lowest BCUT2D eigenvalue weighted by Crippen LogP contribution is -2.85. The fourth-order valence-electron chi connectivity index (χ4n) is 2.66. The Hall–Kier alpha value is -1.50. The van der Waals surface area contributed by atoms with Gasteiger partial charge in [-0.25, -0.2) is 0 Å². The van der Waals surface area contributed by atoms with Crippen LogP contribution in [0.1, 0.15) is 27.7 Å². The molecule has 0 bridgehead atoms. The van der Waals surface area contributed by atoms with Gasteiger partial charge in [0.2, 0.25) is 21.9 Å². The number of aliphatic hydroxyl groups excluding tert-OH is 1. The molecule has 0 aliphatic carbocycles. The Balaban J connectivity index is 7.44. The highest BCUT2D eigenvalue weighted by atomic mass is 32.1. The van der Waals surface area contributed by atoms with Crippen LogP contribution in [-0.4, -0.2) is 82.8 Å². The van der Waals surface area contributed by atoms with Crippen LogP contribution in [-0.2, 0) is 24.0 Å². The molecule has 10 nitrogen and oxygen atoms in total. The van der Waals surface area contributed by atoms with Crippen LogP contribution in [0, 0.1) is 0 Å². The molecule has 0 amide bonds. The third-order valence-electron chi connectivity index (χ3n) is 4.30. The molecule has 0 rings (SSSR count). The molecule has 142 valence electrons. The molecule has 0 fully saturated rings. The van der Waals surface area contributed by atoms with Crippen molar-refractivity contribution in [3.63, 3.8) is 0 Å². The van der Waals surface area contributed by atoms with Crippen LogP contribution < -0.4 is 0 Å². The summed E-state index contributed by atoms with van der Waals surface area (Å²) in [5.74, 6) is -6.52. The fraction of sp³-hybridized carbons (Fsp3) is 0.643. The SMILES string of the molecule is CC(=O)[C@](O)(C(=O)S)[C@](O)(C(C)=O)[C@@](O)(C(C)=O)[C@](O)(CO)C(C)=O. The summed E-state index contributed by atoms with van der Waals surface area (Å²) in [5.41, 5.74) is -15.4. The Bertz CT molecular complexity index is 630. The number of carbonyl (C=O) groups is 5. The minimum absolute atomic E-state index is 0.483. The standard InChI is InChI=1S/C14H20O10S/c1-6(16)11(21,5-15)13(23,8(3)18)14(24,9(4)19)12(22,7(2)17)10(20)25/h15,21-24H,5H2,1-4H3,(H,20,25)/t11-,12-,13+,14+/m0/s1. The van der Waals surface area contributed by atoms with Crippen molar-refractivity contribution in [3.8, 4) is 0 Å². The number of rotatable bonds is 9. The average Bonchev–Trinajstić information content (AvgIpc) is 2.49. The molecular formula is C14H20O10S. The maximum atomic E-state index is 12.1. The van der Waals surface area contributed by atoms with E-state index < -0.39 is 57.3 Å². The first-order chi connectivity index (χ1) is 11.0. The topological polar surface area (TPSA) is 186 Å². The summed E-state index contributed by atoms with van der Waals surface area (Å²) in [4.78, 5) is 59.5. The van der Waals surface area contributed by atoms with Crippen molar-refractivity contribution in [1.82, 2.24) is 0 Å². The monoisotopic (exact) mass is 380 g/mol. The molecule has 0 aromatic heterocycles. The van der Waals surface area contributed by atoms with Gasteiger partial charge in [-0.3, -0.25) is 24.0 Å². The summed E-state index contributed by atoms with van der Waals surface area (Å²) in [7, 11) is 0. The number of hydrogen-bond acceptors (Lipinski definition) is 10. The highest BCUT2D eigenvalue weighted by Gasteiger charge is 2.78. The van der Waals surface area contributed by atoms with E-state index in [9.17, 15) is 49.5 Å². The Morgan fingerprint density at radius 1 is 0.720 bits per heavy atom. The van der Waals surface area contributed by atoms with Crippen LogP contribution in [0.15, 0.2) is 0 Å². The van der Waals surface area contributed by atoms with E-state index in [1.165, 1.54) is 0 Å². The van der Waals surface area contributed by atoms with E-state index in [0.29, 0.717) is 27.7 Å². The van der Waals surface area contributed by atoms with Crippen molar-refractivity contribution in [2.75, 3.05) is 6.61 Å². The van der Waals surface area contributed by atoms with Gasteiger partial charge in [0.1, 0.15) is 0 Å². The zero-order valence-electron chi connectivity index (χ0n) is 13.9. The molecule has 0 aliphatic heterocycles. The summed E-state index contributed by atoms with van der Waals surface area (Å²) in [6.45, 7) is 0.425. The second kappa shape index (κ2) is 7.02. The Morgan fingerprint density at radius 3 is 1.24 bits per heavy atom. The van der Waals surface area contributed by atoms with Crippen LogP contribution in [0.25, 0.3) is 0 Å². The van der Waals surface area contributed by atoms with Gasteiger partial charge < -0.3 is 25.5 Å². The molecule has 0 aromatic rings. The second-order valence-electron chi connectivity index (χ2n) is 5.68. The van der Waals surface area contributed by atoms with Gasteiger partial charge >= 0.3 is 0 Å². The second-order valence-corrected chi connectivity index (χ2v) is 6.09. The Morgan fingerprint density at radius 2 is 1.08 bits per heavy atom. The van der Waals surface area contributed by atoms with Crippen molar-refractivity contribution >= 4 is 40.9 Å². The zero-order valence-corrected chi connectivity index (χ0v) is 14.8. The first-order valence-corrected chi connectivity index (χ1v) is 7.26. The van der Waals surface area contributed by atoms with E-state index in [4.69, 9.17) is 0 Å². The molecule has 25 heavy (non-hydrogen) atoms. The van der Waals surface area contributed by atoms with Crippen LogP contribution in [0.3, 0.4) is 0 Å². The van der Waals surface area contributed by atoms with Crippen LogP contribution in [0.5, 0.6) is 0 Å².